The highest BCUT2D eigenvalue weighted by atomic mass is 16.3. The summed E-state index contributed by atoms with van der Waals surface area (Å²) in [5.41, 5.74) is 5.64. The van der Waals surface area contributed by atoms with Gasteiger partial charge in [0.1, 0.15) is 6.10 Å². The summed E-state index contributed by atoms with van der Waals surface area (Å²) in [6, 6.07) is 7.97. The number of rotatable bonds is 4. The van der Waals surface area contributed by atoms with Gasteiger partial charge in [-0.05, 0) is 45.2 Å². The number of aliphatic hydroxyl groups is 1. The summed E-state index contributed by atoms with van der Waals surface area (Å²) >= 11 is 0. The number of hydrogen-bond acceptors (Lipinski definition) is 2. The highest BCUT2D eigenvalue weighted by Gasteiger charge is 2.22. The van der Waals surface area contributed by atoms with Crippen LogP contribution in [0.4, 0.5) is 0 Å². The summed E-state index contributed by atoms with van der Waals surface area (Å²) < 4.78 is 1.96. The number of aromatic nitrogens is 2. The lowest BCUT2D eigenvalue weighted by atomic mass is 10.0. The lowest BCUT2D eigenvalue weighted by Crippen LogP contribution is -2.17. The Labute approximate surface area is 121 Å². The van der Waals surface area contributed by atoms with Crippen LogP contribution in [-0.4, -0.2) is 14.9 Å². The van der Waals surface area contributed by atoms with Gasteiger partial charge in [0.05, 0.1) is 11.7 Å². The SMILES string of the molecule is CCc1c(C)nn(C(C)C(O)c2ccc(C)cc2)c1C. The zero-order valence-electron chi connectivity index (χ0n) is 13.0. The molecule has 1 aromatic heterocycles. The average Bonchev–Trinajstić information content (AvgIpc) is 2.72. The van der Waals surface area contributed by atoms with Crippen molar-refractivity contribution >= 4 is 0 Å². The number of aliphatic hydroxyl groups excluding tert-OH is 1. The Hall–Kier alpha value is -1.61. The summed E-state index contributed by atoms with van der Waals surface area (Å²) in [4.78, 5) is 0. The molecule has 0 fully saturated rings. The Bertz CT molecular complexity index is 584. The quantitative estimate of drug-likeness (QED) is 0.922. The van der Waals surface area contributed by atoms with Gasteiger partial charge >= 0.3 is 0 Å². The van der Waals surface area contributed by atoms with Crippen molar-refractivity contribution in [1.82, 2.24) is 9.78 Å². The van der Waals surface area contributed by atoms with Crippen molar-refractivity contribution in [2.45, 2.75) is 53.2 Å². The molecule has 2 rings (SSSR count). The van der Waals surface area contributed by atoms with Crippen LogP contribution in [0.2, 0.25) is 0 Å². The van der Waals surface area contributed by atoms with Crippen molar-refractivity contribution < 1.29 is 5.11 Å². The van der Waals surface area contributed by atoms with Crippen LogP contribution in [0.5, 0.6) is 0 Å². The second kappa shape index (κ2) is 5.80. The third-order valence-electron chi connectivity index (χ3n) is 4.09. The summed E-state index contributed by atoms with van der Waals surface area (Å²) in [5, 5.41) is 15.2. The summed E-state index contributed by atoms with van der Waals surface area (Å²) in [6.07, 6.45) is 0.434. The molecule has 2 atom stereocenters. The fraction of sp³-hybridized carbons (Fsp3) is 0.471. The van der Waals surface area contributed by atoms with E-state index in [1.165, 1.54) is 11.1 Å². The molecule has 0 saturated carbocycles. The molecular weight excluding hydrogens is 248 g/mol. The minimum absolute atomic E-state index is 0.0725. The predicted octanol–water partition coefficient (Wildman–Crippen LogP) is 3.67. The van der Waals surface area contributed by atoms with Crippen molar-refractivity contribution in [3.63, 3.8) is 0 Å². The lowest BCUT2D eigenvalue weighted by Gasteiger charge is -2.21. The van der Waals surface area contributed by atoms with Crippen LogP contribution in [0.1, 0.15) is 54.1 Å². The van der Waals surface area contributed by atoms with Crippen LogP contribution in [0.25, 0.3) is 0 Å². The molecule has 0 spiro atoms. The van der Waals surface area contributed by atoms with Crippen LogP contribution in [0.15, 0.2) is 24.3 Å². The summed E-state index contributed by atoms with van der Waals surface area (Å²) in [7, 11) is 0. The van der Waals surface area contributed by atoms with Gasteiger partial charge < -0.3 is 5.11 Å². The molecule has 0 radical (unpaired) electrons. The first-order chi connectivity index (χ1) is 9.45. The van der Waals surface area contributed by atoms with Crippen molar-refractivity contribution in [2.24, 2.45) is 0 Å². The third-order valence-corrected chi connectivity index (χ3v) is 4.09. The highest BCUT2D eigenvalue weighted by molar-refractivity contribution is 5.27. The standard InChI is InChI=1S/C17H24N2O/c1-6-16-12(3)18-19(13(16)4)14(5)17(20)15-9-7-11(2)8-10-15/h7-10,14,17,20H,6H2,1-5H3. The first-order valence-corrected chi connectivity index (χ1v) is 7.24. The van der Waals surface area contributed by atoms with Crippen molar-refractivity contribution in [2.75, 3.05) is 0 Å². The average molecular weight is 272 g/mol. The Morgan fingerprint density at radius 2 is 1.75 bits per heavy atom. The smallest absolute Gasteiger partial charge is 0.101 e. The number of hydrogen-bond donors (Lipinski definition) is 1. The third kappa shape index (κ3) is 2.63. The van der Waals surface area contributed by atoms with Gasteiger partial charge in [0.2, 0.25) is 0 Å². The van der Waals surface area contributed by atoms with E-state index in [0.717, 1.165) is 23.4 Å². The summed E-state index contributed by atoms with van der Waals surface area (Å²) in [5.74, 6) is 0. The van der Waals surface area contributed by atoms with E-state index in [9.17, 15) is 5.11 Å². The zero-order valence-corrected chi connectivity index (χ0v) is 13.0. The topological polar surface area (TPSA) is 38.0 Å². The molecule has 0 bridgehead atoms. The van der Waals surface area contributed by atoms with Crippen molar-refractivity contribution in [3.05, 3.63) is 52.3 Å². The van der Waals surface area contributed by atoms with E-state index in [4.69, 9.17) is 0 Å². The molecular formula is C17H24N2O. The van der Waals surface area contributed by atoms with Gasteiger partial charge in [0, 0.05) is 5.69 Å². The van der Waals surface area contributed by atoms with Crippen molar-refractivity contribution in [3.8, 4) is 0 Å². The van der Waals surface area contributed by atoms with E-state index < -0.39 is 6.10 Å². The normalized spacial score (nSPS) is 14.3. The first-order valence-electron chi connectivity index (χ1n) is 7.24. The van der Waals surface area contributed by atoms with Gasteiger partial charge in [-0.1, -0.05) is 36.8 Å². The minimum Gasteiger partial charge on any atom is -0.386 e. The van der Waals surface area contributed by atoms with E-state index in [0.29, 0.717) is 0 Å². The van der Waals surface area contributed by atoms with Crippen LogP contribution < -0.4 is 0 Å². The minimum atomic E-state index is -0.543. The maximum atomic E-state index is 10.6. The largest absolute Gasteiger partial charge is 0.386 e. The molecule has 2 aromatic rings. The first kappa shape index (κ1) is 14.8. The molecule has 3 nitrogen and oxygen atoms in total. The van der Waals surface area contributed by atoms with Crippen molar-refractivity contribution in [1.29, 1.82) is 0 Å². The maximum absolute atomic E-state index is 10.6. The van der Waals surface area contributed by atoms with Gasteiger partial charge in [-0.2, -0.15) is 5.10 Å². The maximum Gasteiger partial charge on any atom is 0.101 e. The summed E-state index contributed by atoms with van der Waals surface area (Å²) in [6.45, 7) is 10.3. The van der Waals surface area contributed by atoms with Gasteiger partial charge in [-0.25, -0.2) is 0 Å². The second-order valence-electron chi connectivity index (χ2n) is 5.54. The van der Waals surface area contributed by atoms with E-state index in [1.807, 2.05) is 49.7 Å². The Morgan fingerprint density at radius 3 is 2.25 bits per heavy atom. The van der Waals surface area contributed by atoms with E-state index in [-0.39, 0.29) is 6.04 Å². The second-order valence-corrected chi connectivity index (χ2v) is 5.54. The molecule has 108 valence electrons. The predicted molar refractivity (Wildman–Crippen MR) is 81.9 cm³/mol. The van der Waals surface area contributed by atoms with Gasteiger partial charge in [-0.3, -0.25) is 4.68 Å². The molecule has 1 heterocycles. The van der Waals surface area contributed by atoms with Crippen LogP contribution >= 0.6 is 0 Å². The number of nitrogens with zero attached hydrogens (tertiary/aromatic N) is 2. The lowest BCUT2D eigenvalue weighted by molar-refractivity contribution is 0.114. The van der Waals surface area contributed by atoms with Crippen LogP contribution in [0, 0.1) is 20.8 Å². The fourth-order valence-electron chi connectivity index (χ4n) is 2.78. The van der Waals surface area contributed by atoms with E-state index >= 15 is 0 Å². The zero-order chi connectivity index (χ0) is 14.9. The highest BCUT2D eigenvalue weighted by Crippen LogP contribution is 2.28. The van der Waals surface area contributed by atoms with E-state index in [2.05, 4.69) is 18.9 Å². The van der Waals surface area contributed by atoms with Gasteiger partial charge in [-0.15, -0.1) is 0 Å². The van der Waals surface area contributed by atoms with Crippen LogP contribution in [-0.2, 0) is 6.42 Å². The molecule has 2 unspecified atom stereocenters. The van der Waals surface area contributed by atoms with Gasteiger partial charge in [0.15, 0.2) is 0 Å². The molecule has 0 aliphatic carbocycles. The molecule has 0 amide bonds. The van der Waals surface area contributed by atoms with Crippen LogP contribution in [0.3, 0.4) is 0 Å². The molecule has 0 saturated heterocycles. The molecule has 3 heteroatoms. The van der Waals surface area contributed by atoms with Gasteiger partial charge in [0.25, 0.3) is 0 Å². The molecule has 0 aliphatic heterocycles. The Kier molecular flexibility index (Phi) is 4.29. The molecule has 20 heavy (non-hydrogen) atoms. The Balaban J connectivity index is 2.31. The molecule has 1 aromatic carbocycles. The monoisotopic (exact) mass is 272 g/mol. The molecule has 1 N–H and O–H groups in total. The fourth-order valence-corrected chi connectivity index (χ4v) is 2.78. The van der Waals surface area contributed by atoms with E-state index in [1.54, 1.807) is 0 Å². The number of benzene rings is 1. The number of aryl methyl sites for hydroxylation is 2. The molecule has 0 aliphatic rings. The Morgan fingerprint density at radius 1 is 1.15 bits per heavy atom.